The van der Waals surface area contributed by atoms with Gasteiger partial charge in [0.2, 0.25) is 10.0 Å². The lowest BCUT2D eigenvalue weighted by molar-refractivity contribution is 0.0933. The van der Waals surface area contributed by atoms with Gasteiger partial charge in [0.05, 0.1) is 26.2 Å². The number of hydrogen-bond acceptors (Lipinski definition) is 6. The summed E-state index contributed by atoms with van der Waals surface area (Å²) in [6.45, 7) is 4.39. The van der Waals surface area contributed by atoms with Gasteiger partial charge >= 0.3 is 0 Å². The first-order chi connectivity index (χ1) is 11.6. The van der Waals surface area contributed by atoms with Gasteiger partial charge in [-0.3, -0.25) is 9.52 Å². The number of anilines is 1. The zero-order chi connectivity index (χ0) is 19.2. The molecule has 0 aliphatic heterocycles. The van der Waals surface area contributed by atoms with Crippen molar-refractivity contribution in [3.63, 3.8) is 0 Å². The number of ether oxygens (including phenoxy) is 2. The average molecular weight is 410 g/mol. The molecule has 8 nitrogen and oxygen atoms in total. The summed E-state index contributed by atoms with van der Waals surface area (Å²) in [5, 5.41) is 2.86. The van der Waals surface area contributed by atoms with Crippen LogP contribution in [-0.4, -0.2) is 47.4 Å². The van der Waals surface area contributed by atoms with Crippen LogP contribution in [-0.2, 0) is 10.0 Å². The summed E-state index contributed by atoms with van der Waals surface area (Å²) < 4.78 is 35.9. The van der Waals surface area contributed by atoms with Crippen LogP contribution in [0.5, 0.6) is 11.5 Å². The fourth-order valence-corrected chi connectivity index (χ4v) is 2.97. The Hall–Kier alpha value is -1.71. The molecular formula is C16H28ClN3O5S. The Morgan fingerprint density at radius 2 is 1.85 bits per heavy atom. The number of amides is 1. The Bertz CT molecular complexity index is 710. The van der Waals surface area contributed by atoms with Crippen LogP contribution in [0, 0.1) is 5.92 Å². The third-order valence-electron chi connectivity index (χ3n) is 3.41. The Labute approximate surface area is 161 Å². The lowest BCUT2D eigenvalue weighted by atomic mass is 10.0. The molecule has 10 heteroatoms. The van der Waals surface area contributed by atoms with Gasteiger partial charge in [0.1, 0.15) is 0 Å². The third kappa shape index (κ3) is 7.27. The van der Waals surface area contributed by atoms with Crippen molar-refractivity contribution in [3.05, 3.63) is 17.7 Å². The normalized spacial score (nSPS) is 12.1. The number of hydrogen-bond donors (Lipinski definition) is 3. The summed E-state index contributed by atoms with van der Waals surface area (Å²) in [6.07, 6.45) is 1.75. The summed E-state index contributed by atoms with van der Waals surface area (Å²) in [7, 11) is -0.763. The number of methoxy groups -OCH3 is 2. The van der Waals surface area contributed by atoms with E-state index < -0.39 is 10.0 Å². The number of halogens is 1. The first-order valence-electron chi connectivity index (χ1n) is 7.86. The Morgan fingerprint density at radius 1 is 1.23 bits per heavy atom. The number of benzene rings is 1. The number of carbonyl (C=O) groups excluding carboxylic acids is 1. The molecule has 0 saturated carbocycles. The fourth-order valence-electron chi connectivity index (χ4n) is 2.42. The average Bonchev–Trinajstić information content (AvgIpc) is 2.51. The predicted octanol–water partition coefficient (Wildman–Crippen LogP) is 1.60. The zero-order valence-electron chi connectivity index (χ0n) is 15.7. The van der Waals surface area contributed by atoms with Crippen LogP contribution in [0.3, 0.4) is 0 Å². The van der Waals surface area contributed by atoms with E-state index in [9.17, 15) is 13.2 Å². The van der Waals surface area contributed by atoms with E-state index in [2.05, 4.69) is 10.0 Å². The van der Waals surface area contributed by atoms with Crippen molar-refractivity contribution in [2.75, 3.05) is 31.7 Å². The van der Waals surface area contributed by atoms with E-state index in [1.807, 2.05) is 13.8 Å². The van der Waals surface area contributed by atoms with E-state index >= 15 is 0 Å². The third-order valence-corrected chi connectivity index (χ3v) is 4.00. The molecule has 4 N–H and O–H groups in total. The molecule has 0 saturated heterocycles. The monoisotopic (exact) mass is 409 g/mol. The van der Waals surface area contributed by atoms with Gasteiger partial charge in [0.15, 0.2) is 11.5 Å². The predicted molar refractivity (Wildman–Crippen MR) is 105 cm³/mol. The highest BCUT2D eigenvalue weighted by atomic mass is 35.5. The van der Waals surface area contributed by atoms with E-state index in [1.54, 1.807) is 0 Å². The van der Waals surface area contributed by atoms with Crippen molar-refractivity contribution in [2.45, 2.75) is 26.3 Å². The minimum absolute atomic E-state index is 0. The quantitative estimate of drug-likeness (QED) is 0.569. The minimum Gasteiger partial charge on any atom is -0.493 e. The molecule has 1 unspecified atom stereocenters. The summed E-state index contributed by atoms with van der Waals surface area (Å²) >= 11 is 0. The summed E-state index contributed by atoms with van der Waals surface area (Å²) in [5.74, 6) is 0.451. The fraction of sp³-hybridized carbons (Fsp3) is 0.562. The summed E-state index contributed by atoms with van der Waals surface area (Å²) in [4.78, 5) is 12.5. The molecule has 1 aromatic rings. The van der Waals surface area contributed by atoms with Gasteiger partial charge in [-0.15, -0.1) is 12.4 Å². The number of nitrogens with two attached hydrogens (primary N) is 1. The molecule has 1 amide bonds. The Morgan fingerprint density at radius 3 is 2.27 bits per heavy atom. The van der Waals surface area contributed by atoms with E-state index in [0.29, 0.717) is 12.5 Å². The van der Waals surface area contributed by atoms with Crippen LogP contribution in [0.2, 0.25) is 0 Å². The maximum Gasteiger partial charge on any atom is 0.251 e. The van der Waals surface area contributed by atoms with Gasteiger partial charge in [-0.05, 0) is 24.5 Å². The molecule has 0 fully saturated rings. The second-order valence-electron chi connectivity index (χ2n) is 6.17. The molecule has 1 aromatic carbocycles. The molecule has 0 aliphatic rings. The van der Waals surface area contributed by atoms with Crippen LogP contribution in [0.4, 0.5) is 5.69 Å². The molecule has 0 aliphatic carbocycles. The highest BCUT2D eigenvalue weighted by molar-refractivity contribution is 7.92. The molecule has 0 spiro atoms. The molecule has 26 heavy (non-hydrogen) atoms. The molecule has 1 atom stereocenters. The largest absolute Gasteiger partial charge is 0.493 e. The smallest absolute Gasteiger partial charge is 0.251 e. The van der Waals surface area contributed by atoms with Crippen LogP contribution < -0.4 is 25.2 Å². The van der Waals surface area contributed by atoms with Crippen molar-refractivity contribution in [2.24, 2.45) is 11.7 Å². The Kier molecular flexibility index (Phi) is 9.75. The molecule has 0 bridgehead atoms. The number of nitrogens with one attached hydrogen (secondary N) is 2. The van der Waals surface area contributed by atoms with Gasteiger partial charge in [-0.2, -0.15) is 0 Å². The van der Waals surface area contributed by atoms with Crippen LogP contribution >= 0.6 is 12.4 Å². The van der Waals surface area contributed by atoms with Gasteiger partial charge in [-0.1, -0.05) is 13.8 Å². The molecule has 1 rings (SSSR count). The number of rotatable bonds is 9. The van der Waals surface area contributed by atoms with E-state index in [4.69, 9.17) is 15.2 Å². The summed E-state index contributed by atoms with van der Waals surface area (Å²) in [6, 6.07) is 2.72. The lowest BCUT2D eigenvalue weighted by Gasteiger charge is -2.20. The van der Waals surface area contributed by atoms with Crippen molar-refractivity contribution < 1.29 is 22.7 Å². The van der Waals surface area contributed by atoms with E-state index in [1.165, 1.54) is 26.4 Å². The summed E-state index contributed by atoms with van der Waals surface area (Å²) in [5.41, 5.74) is 6.08. The molecule has 0 heterocycles. The van der Waals surface area contributed by atoms with Gasteiger partial charge in [-0.25, -0.2) is 8.42 Å². The first kappa shape index (κ1) is 24.3. The van der Waals surface area contributed by atoms with E-state index in [-0.39, 0.29) is 47.1 Å². The van der Waals surface area contributed by atoms with Crippen molar-refractivity contribution in [1.29, 1.82) is 0 Å². The standard InChI is InChI=1S/C16H27N3O5S.ClH/c1-10(2)6-12(9-17)18-16(20)11-7-13(19-25(5,21)22)15(24-4)14(8-11)23-3;/h7-8,10,12,19H,6,9,17H2,1-5H3,(H,18,20);1H. The molecule has 0 radical (unpaired) electrons. The highest BCUT2D eigenvalue weighted by Crippen LogP contribution is 2.37. The minimum atomic E-state index is -3.56. The van der Waals surface area contributed by atoms with Crippen molar-refractivity contribution in [3.8, 4) is 11.5 Å². The van der Waals surface area contributed by atoms with Crippen molar-refractivity contribution in [1.82, 2.24) is 5.32 Å². The number of carbonyl (C=O) groups is 1. The maximum atomic E-state index is 12.5. The van der Waals surface area contributed by atoms with Gasteiger partial charge < -0.3 is 20.5 Å². The topological polar surface area (TPSA) is 120 Å². The SMILES string of the molecule is COc1cc(C(=O)NC(CN)CC(C)C)cc(NS(C)(=O)=O)c1OC.Cl. The number of sulfonamides is 1. The van der Waals surface area contributed by atoms with Gasteiger partial charge in [0.25, 0.3) is 5.91 Å². The van der Waals surface area contributed by atoms with Gasteiger partial charge in [0, 0.05) is 18.2 Å². The van der Waals surface area contributed by atoms with Crippen LogP contribution in [0.25, 0.3) is 0 Å². The first-order valence-corrected chi connectivity index (χ1v) is 9.75. The second kappa shape index (κ2) is 10.4. The maximum absolute atomic E-state index is 12.5. The van der Waals surface area contributed by atoms with Crippen LogP contribution in [0.1, 0.15) is 30.6 Å². The van der Waals surface area contributed by atoms with Crippen LogP contribution in [0.15, 0.2) is 12.1 Å². The Balaban J connectivity index is 0.00000625. The molecule has 150 valence electrons. The molecular weight excluding hydrogens is 382 g/mol. The molecule has 0 aromatic heterocycles. The second-order valence-corrected chi connectivity index (χ2v) is 7.92. The van der Waals surface area contributed by atoms with Crippen molar-refractivity contribution >= 4 is 34.0 Å². The van der Waals surface area contributed by atoms with E-state index in [0.717, 1.165) is 12.7 Å². The highest BCUT2D eigenvalue weighted by Gasteiger charge is 2.20. The lowest BCUT2D eigenvalue weighted by Crippen LogP contribution is -2.41. The zero-order valence-corrected chi connectivity index (χ0v) is 17.3.